The Morgan fingerprint density at radius 1 is 0.302 bits per heavy atom. The van der Waals surface area contributed by atoms with Crippen molar-refractivity contribution in [3.63, 3.8) is 0 Å². The van der Waals surface area contributed by atoms with Gasteiger partial charge in [-0.1, -0.05) is 175 Å². The van der Waals surface area contributed by atoms with Crippen molar-refractivity contribution in [1.29, 1.82) is 0 Å². The molecule has 0 spiro atoms. The molecular weight excluding hydrogens is 1310 g/mol. The number of esters is 3. The highest BCUT2D eigenvalue weighted by Gasteiger charge is 2.38. The topological polar surface area (TPSA) is 335 Å². The molecule has 0 aromatic carbocycles. The summed E-state index contributed by atoms with van der Waals surface area (Å²) in [4.78, 5) is 39.3. The third kappa shape index (κ3) is 50.8. The molecule has 24 nitrogen and oxygen atoms in total. The van der Waals surface area contributed by atoms with Gasteiger partial charge in [0.25, 0.3) is 0 Å². The van der Waals surface area contributed by atoms with Crippen molar-refractivity contribution in [2.45, 2.75) is 374 Å². The van der Waals surface area contributed by atoms with Gasteiger partial charge in [-0.05, 0) is 99.3 Å². The summed E-state index contributed by atoms with van der Waals surface area (Å²) in [6.07, 6.45) is 15.0. The average Bonchev–Trinajstić information content (AvgIpc) is 0.907. The van der Waals surface area contributed by atoms with Crippen LogP contribution in [0.25, 0.3) is 0 Å². The molecule has 572 valence electrons. The van der Waals surface area contributed by atoms with Crippen LogP contribution in [0.5, 0.6) is 0 Å². The first-order chi connectivity index (χ1) is 46.0. The summed E-state index contributed by atoms with van der Waals surface area (Å²) in [5, 5.41) is 66.1. The van der Waals surface area contributed by atoms with E-state index < -0.39 is 102 Å². The van der Waals surface area contributed by atoms with Crippen molar-refractivity contribution in [2.75, 3.05) is 52.9 Å². The van der Waals surface area contributed by atoms with Crippen molar-refractivity contribution in [1.82, 2.24) is 0 Å². The minimum absolute atomic E-state index is 0.0531. The van der Waals surface area contributed by atoms with E-state index in [2.05, 4.69) is 20.8 Å². The van der Waals surface area contributed by atoms with Gasteiger partial charge >= 0.3 is 41.4 Å². The zero-order valence-electron chi connectivity index (χ0n) is 60.9. The molecule has 0 heterocycles. The molecule has 0 rings (SSSR count). The molecule has 0 aliphatic heterocycles. The van der Waals surface area contributed by atoms with Gasteiger partial charge in [-0.15, -0.1) is 0 Å². The lowest BCUT2D eigenvalue weighted by atomic mass is 9.98. The van der Waals surface area contributed by atoms with Crippen molar-refractivity contribution in [2.24, 2.45) is 0 Å². The largest absolute Gasteiger partial charge is 0.475 e. The highest BCUT2D eigenvalue weighted by atomic mass is 31.2. The Morgan fingerprint density at radius 2 is 0.531 bits per heavy atom. The van der Waals surface area contributed by atoms with E-state index in [9.17, 15) is 58.7 Å². The van der Waals surface area contributed by atoms with Crippen LogP contribution in [-0.2, 0) is 83.0 Å². The number of phosphoric acid groups is 3. The summed E-state index contributed by atoms with van der Waals surface area (Å²) < 4.78 is 106. The Bertz CT molecular complexity index is 1890. The first-order valence-electron chi connectivity index (χ1n) is 37.4. The molecule has 0 fully saturated rings. The Labute approximate surface area is 579 Å². The Kier molecular flexibility index (Phi) is 60.1. The van der Waals surface area contributed by atoms with Crippen LogP contribution in [0.2, 0.25) is 0 Å². The van der Waals surface area contributed by atoms with Crippen molar-refractivity contribution in [3.8, 4) is 0 Å². The third-order valence-corrected chi connectivity index (χ3v) is 21.3. The first kappa shape index (κ1) is 94.5. The molecule has 9 unspecified atom stereocenters. The van der Waals surface area contributed by atoms with E-state index in [1.807, 2.05) is 0 Å². The SMILES string of the molecule is CCCCCCC(O)CC(OP(=O)(OCC)OCC)C(O)CCCCCCCC(=O)OCC(COC(=O)CCCCCCCC(O)C(CC(O)CCCCCC)OP(=O)(OCC)OCC)OC(=O)CCCCCCCC(O)C(CC(O)CCCCCC)OP(=O)(OCC)OCC. The highest BCUT2D eigenvalue weighted by molar-refractivity contribution is 7.49. The molecule has 9 atom stereocenters. The molecule has 0 aliphatic rings. The van der Waals surface area contributed by atoms with Gasteiger partial charge in [0.2, 0.25) is 0 Å². The molecule has 96 heavy (non-hydrogen) atoms. The number of unbranched alkanes of at least 4 members (excludes halogenated alkanes) is 21. The number of carbonyl (C=O) groups is 3. The molecule has 0 bridgehead atoms. The van der Waals surface area contributed by atoms with Gasteiger partial charge in [0.1, 0.15) is 13.2 Å². The highest BCUT2D eigenvalue weighted by Crippen LogP contribution is 2.53. The van der Waals surface area contributed by atoms with Crippen molar-refractivity contribution in [3.05, 3.63) is 0 Å². The van der Waals surface area contributed by atoms with E-state index in [1.165, 1.54) is 0 Å². The normalized spacial score (nSPS) is 15.5. The number of ether oxygens (including phenoxy) is 3. The zero-order chi connectivity index (χ0) is 71.7. The molecule has 0 saturated carbocycles. The standard InChI is InChI=1S/C69H137O24P3/c1-10-19-22-34-43-57(70)52-64(91-94(79,84-13-4)85-14-5)61(73)46-37-28-25-31-40-49-67(76)82-55-60(90-69(78)51-42-33-27-30-39-48-63(75)66(54-59(72)45-36-24-21-12-3)93-96(81,88-17-8)89-18-9)56-83-68(77)50-41-32-26-29-38-47-62(74)65(53-58(71)44-35-23-20-11-2)92-95(80,86-15-6)87-16-7/h57-66,70-75H,10-56H2,1-9H3. The molecule has 27 heteroatoms. The minimum atomic E-state index is -3.98. The van der Waals surface area contributed by atoms with Crippen LogP contribution in [0, 0.1) is 0 Å². The second kappa shape index (κ2) is 61.0. The molecule has 0 radical (unpaired) electrons. The number of aliphatic hydroxyl groups is 6. The molecule has 6 N–H and O–H groups in total. The van der Waals surface area contributed by atoms with Gasteiger partial charge in [-0.3, -0.25) is 55.1 Å². The van der Waals surface area contributed by atoms with E-state index >= 15 is 0 Å². The second-order valence-corrected chi connectivity index (χ2v) is 30.0. The van der Waals surface area contributed by atoms with Gasteiger partial charge in [-0.2, -0.15) is 0 Å². The summed E-state index contributed by atoms with van der Waals surface area (Å²) in [6, 6.07) is 0. The number of hydrogen-bond acceptors (Lipinski definition) is 24. The predicted molar refractivity (Wildman–Crippen MR) is 372 cm³/mol. The number of hydrogen-bond donors (Lipinski definition) is 6. The van der Waals surface area contributed by atoms with E-state index in [4.69, 9.17) is 54.9 Å². The minimum Gasteiger partial charge on any atom is -0.462 e. The lowest BCUT2D eigenvalue weighted by Gasteiger charge is -2.28. The molecule has 0 aromatic heterocycles. The second-order valence-electron chi connectivity index (χ2n) is 25.1. The number of carbonyl (C=O) groups excluding carboxylic acids is 3. The fraction of sp³-hybridized carbons (Fsp3) is 0.957. The van der Waals surface area contributed by atoms with Gasteiger partial charge < -0.3 is 44.8 Å². The lowest BCUT2D eigenvalue weighted by Crippen LogP contribution is -2.32. The van der Waals surface area contributed by atoms with Crippen LogP contribution >= 0.6 is 23.5 Å². The maximum atomic E-state index is 13.3. The van der Waals surface area contributed by atoms with Crippen LogP contribution in [0.4, 0.5) is 0 Å². The van der Waals surface area contributed by atoms with E-state index in [0.29, 0.717) is 103 Å². The van der Waals surface area contributed by atoms with Crippen LogP contribution in [0.15, 0.2) is 0 Å². The fourth-order valence-corrected chi connectivity index (χ4v) is 15.2. The van der Waals surface area contributed by atoms with Crippen LogP contribution in [0.3, 0.4) is 0 Å². The maximum absolute atomic E-state index is 13.3. The Hall–Kier alpha value is -1.50. The van der Waals surface area contributed by atoms with Crippen molar-refractivity contribution >= 4 is 41.4 Å². The Balaban J connectivity index is 5.64. The van der Waals surface area contributed by atoms with Gasteiger partial charge in [-0.25, -0.2) is 13.7 Å². The van der Waals surface area contributed by atoms with Crippen LogP contribution < -0.4 is 0 Å². The summed E-state index contributed by atoms with van der Waals surface area (Å²) >= 11 is 0. The lowest BCUT2D eigenvalue weighted by molar-refractivity contribution is -0.167. The smallest absolute Gasteiger partial charge is 0.462 e. The van der Waals surface area contributed by atoms with E-state index in [1.54, 1.807) is 41.5 Å². The Morgan fingerprint density at radius 3 is 0.792 bits per heavy atom. The first-order valence-corrected chi connectivity index (χ1v) is 41.7. The maximum Gasteiger partial charge on any atom is 0.475 e. The summed E-state index contributed by atoms with van der Waals surface area (Å²) in [5.41, 5.74) is 0. The van der Waals surface area contributed by atoms with Gasteiger partial charge in [0, 0.05) is 38.5 Å². The van der Waals surface area contributed by atoms with E-state index in [-0.39, 0.29) is 91.4 Å². The number of phosphoric ester groups is 3. The fourth-order valence-electron chi connectivity index (χ4n) is 11.0. The quantitative estimate of drug-likeness (QED) is 0.0143. The van der Waals surface area contributed by atoms with Crippen LogP contribution in [-0.4, -0.2) is 162 Å². The zero-order valence-corrected chi connectivity index (χ0v) is 63.6. The molecule has 0 saturated heterocycles. The van der Waals surface area contributed by atoms with Gasteiger partial charge in [0.05, 0.1) is 94.6 Å². The summed E-state index contributed by atoms with van der Waals surface area (Å²) in [6.45, 7) is 16.1. The molecule has 0 aliphatic carbocycles. The van der Waals surface area contributed by atoms with Gasteiger partial charge in [0.15, 0.2) is 6.10 Å². The number of aliphatic hydroxyl groups excluding tert-OH is 6. The summed E-state index contributed by atoms with van der Waals surface area (Å²) in [7, 11) is -11.9. The molecule has 0 amide bonds. The van der Waals surface area contributed by atoms with Crippen LogP contribution in [0.1, 0.15) is 313 Å². The summed E-state index contributed by atoms with van der Waals surface area (Å²) in [5.74, 6) is -1.58. The molecule has 0 aromatic rings. The average molecular weight is 1440 g/mol. The monoisotopic (exact) mass is 1440 g/mol. The van der Waals surface area contributed by atoms with Crippen molar-refractivity contribution < 1.29 is 114 Å². The predicted octanol–water partition coefficient (Wildman–Crippen LogP) is 16.1. The van der Waals surface area contributed by atoms with E-state index in [0.717, 1.165) is 109 Å². The molecular formula is C69H137O24P3. The number of rotatable bonds is 71. The third-order valence-electron chi connectivity index (χ3n) is 16.3.